The molecule has 1 aromatic rings. The molecule has 1 aromatic carbocycles. The van der Waals surface area contributed by atoms with Crippen molar-refractivity contribution in [2.24, 2.45) is 0 Å². The van der Waals surface area contributed by atoms with Crippen LogP contribution in [0.5, 0.6) is 11.5 Å². The number of benzene rings is 1. The molecule has 0 aliphatic carbocycles. The fraction of sp³-hybridized carbons (Fsp3) is 0.462. The average Bonchev–Trinajstić information content (AvgIpc) is 2.84. The topological polar surface area (TPSA) is 62.0 Å². The number of aromatic hydroxyl groups is 2. The van der Waals surface area contributed by atoms with Gasteiger partial charge in [-0.05, 0) is 25.1 Å². The maximum atomic E-state index is 12.2. The van der Waals surface area contributed by atoms with Crippen LogP contribution < -0.4 is 4.90 Å². The van der Waals surface area contributed by atoms with Gasteiger partial charge in [0.1, 0.15) is 6.04 Å². The summed E-state index contributed by atoms with van der Waals surface area (Å²) in [7, 11) is 0. The lowest BCUT2D eigenvalue weighted by atomic mass is 10.0. The lowest BCUT2D eigenvalue weighted by molar-refractivity contribution is -0.901. The molecule has 1 heterocycles. The van der Waals surface area contributed by atoms with Crippen molar-refractivity contribution in [3.8, 4) is 11.5 Å². The second kappa shape index (κ2) is 4.75. The van der Waals surface area contributed by atoms with Crippen LogP contribution in [0.2, 0.25) is 0 Å². The molecule has 1 atom stereocenters. The number of phenols is 2. The number of hydrogen-bond donors (Lipinski definition) is 3. The predicted octanol–water partition coefficient (Wildman–Crippen LogP) is 0.348. The SMILES string of the molecule is CC(C(=O)c1ccc(O)c(O)c1)[NH+]1CCCC1. The zero-order valence-corrected chi connectivity index (χ0v) is 9.94. The van der Waals surface area contributed by atoms with Crippen molar-refractivity contribution >= 4 is 5.78 Å². The minimum Gasteiger partial charge on any atom is -0.504 e. The molecule has 0 amide bonds. The number of carbonyl (C=O) groups is 1. The Bertz CT molecular complexity index is 425. The molecule has 0 bridgehead atoms. The lowest BCUT2D eigenvalue weighted by Gasteiger charge is -2.19. The molecule has 0 radical (unpaired) electrons. The second-order valence-corrected chi connectivity index (χ2v) is 4.65. The number of quaternary nitrogens is 1. The number of ketones is 1. The Morgan fingerprint density at radius 1 is 1.24 bits per heavy atom. The van der Waals surface area contributed by atoms with E-state index in [1.165, 1.54) is 29.9 Å². The van der Waals surface area contributed by atoms with Crippen LogP contribution in [0.3, 0.4) is 0 Å². The van der Waals surface area contributed by atoms with Gasteiger partial charge in [-0.3, -0.25) is 4.79 Å². The molecular formula is C13H18NO3+. The number of likely N-dealkylation sites (tertiary alicyclic amines) is 1. The van der Waals surface area contributed by atoms with E-state index in [-0.39, 0.29) is 23.3 Å². The first-order valence-electron chi connectivity index (χ1n) is 6.00. The van der Waals surface area contributed by atoms with Crippen LogP contribution in [0.25, 0.3) is 0 Å². The molecule has 1 aliphatic heterocycles. The highest BCUT2D eigenvalue weighted by atomic mass is 16.3. The van der Waals surface area contributed by atoms with Crippen molar-refractivity contribution in [1.29, 1.82) is 0 Å². The molecule has 4 nitrogen and oxygen atoms in total. The largest absolute Gasteiger partial charge is 0.504 e. The van der Waals surface area contributed by atoms with Crippen molar-refractivity contribution in [2.75, 3.05) is 13.1 Å². The van der Waals surface area contributed by atoms with Crippen LogP contribution in [-0.4, -0.2) is 35.1 Å². The van der Waals surface area contributed by atoms with Crippen molar-refractivity contribution in [3.05, 3.63) is 23.8 Å². The molecule has 4 heteroatoms. The van der Waals surface area contributed by atoms with Crippen LogP contribution in [-0.2, 0) is 0 Å². The molecule has 1 unspecified atom stereocenters. The highest BCUT2D eigenvalue weighted by Gasteiger charge is 2.28. The van der Waals surface area contributed by atoms with Crippen LogP contribution in [0.1, 0.15) is 30.1 Å². The van der Waals surface area contributed by atoms with Gasteiger partial charge >= 0.3 is 0 Å². The Morgan fingerprint density at radius 2 is 1.88 bits per heavy atom. The molecule has 0 spiro atoms. The fourth-order valence-corrected chi connectivity index (χ4v) is 2.37. The zero-order valence-electron chi connectivity index (χ0n) is 9.94. The normalized spacial score (nSPS) is 18.2. The first-order chi connectivity index (χ1) is 8.09. The first kappa shape index (κ1) is 11.9. The molecule has 1 fully saturated rings. The van der Waals surface area contributed by atoms with Crippen LogP contribution in [0.4, 0.5) is 0 Å². The van der Waals surface area contributed by atoms with E-state index < -0.39 is 0 Å². The number of nitrogens with one attached hydrogen (secondary N) is 1. The van der Waals surface area contributed by atoms with Gasteiger partial charge in [-0.15, -0.1) is 0 Å². The Balaban J connectivity index is 2.15. The summed E-state index contributed by atoms with van der Waals surface area (Å²) in [6, 6.07) is 4.17. The van der Waals surface area contributed by atoms with Gasteiger partial charge in [-0.1, -0.05) is 0 Å². The molecule has 17 heavy (non-hydrogen) atoms. The molecule has 2 rings (SSSR count). The third-order valence-corrected chi connectivity index (χ3v) is 3.51. The van der Waals surface area contributed by atoms with Gasteiger partial charge in [-0.2, -0.15) is 0 Å². The van der Waals surface area contributed by atoms with E-state index in [0.29, 0.717) is 5.56 Å². The van der Waals surface area contributed by atoms with Crippen LogP contribution >= 0.6 is 0 Å². The number of rotatable bonds is 3. The zero-order chi connectivity index (χ0) is 12.4. The minimum atomic E-state index is -0.237. The van der Waals surface area contributed by atoms with E-state index in [4.69, 9.17) is 0 Å². The van der Waals surface area contributed by atoms with Crippen LogP contribution in [0, 0.1) is 0 Å². The molecule has 0 saturated carbocycles. The van der Waals surface area contributed by atoms with Crippen molar-refractivity contribution in [1.82, 2.24) is 0 Å². The summed E-state index contributed by atoms with van der Waals surface area (Å²) in [5.74, 6) is -0.403. The smallest absolute Gasteiger partial charge is 0.219 e. The van der Waals surface area contributed by atoms with Gasteiger partial charge in [0.05, 0.1) is 13.1 Å². The van der Waals surface area contributed by atoms with E-state index in [2.05, 4.69) is 0 Å². The van der Waals surface area contributed by atoms with Crippen molar-refractivity contribution in [2.45, 2.75) is 25.8 Å². The third kappa shape index (κ3) is 2.42. The van der Waals surface area contributed by atoms with Gasteiger partial charge < -0.3 is 15.1 Å². The predicted molar refractivity (Wildman–Crippen MR) is 63.5 cm³/mol. The van der Waals surface area contributed by atoms with E-state index in [9.17, 15) is 15.0 Å². The number of carbonyl (C=O) groups excluding carboxylic acids is 1. The maximum absolute atomic E-state index is 12.2. The Kier molecular flexibility index (Phi) is 3.33. The summed E-state index contributed by atoms with van der Waals surface area (Å²) in [5.41, 5.74) is 0.465. The third-order valence-electron chi connectivity index (χ3n) is 3.51. The Labute approximate surface area is 100 Å². The quantitative estimate of drug-likeness (QED) is 0.524. The lowest BCUT2D eigenvalue weighted by Crippen LogP contribution is -3.14. The molecule has 3 N–H and O–H groups in total. The highest BCUT2D eigenvalue weighted by Crippen LogP contribution is 2.25. The number of Topliss-reactive ketones (excluding diaryl/α,β-unsaturated/α-hetero) is 1. The Hall–Kier alpha value is -1.55. The summed E-state index contributed by atoms with van der Waals surface area (Å²) in [4.78, 5) is 13.5. The Morgan fingerprint density at radius 3 is 2.47 bits per heavy atom. The van der Waals surface area contributed by atoms with Gasteiger partial charge in [0, 0.05) is 18.4 Å². The second-order valence-electron chi connectivity index (χ2n) is 4.65. The summed E-state index contributed by atoms with van der Waals surface area (Å²) < 4.78 is 0. The monoisotopic (exact) mass is 236 g/mol. The molecular weight excluding hydrogens is 218 g/mol. The van der Waals surface area contributed by atoms with E-state index in [0.717, 1.165) is 13.1 Å². The van der Waals surface area contributed by atoms with E-state index in [1.54, 1.807) is 6.07 Å². The average molecular weight is 236 g/mol. The van der Waals surface area contributed by atoms with Gasteiger partial charge in [0.15, 0.2) is 11.5 Å². The van der Waals surface area contributed by atoms with E-state index >= 15 is 0 Å². The summed E-state index contributed by atoms with van der Waals surface area (Å²) >= 11 is 0. The standard InChI is InChI=1S/C13H17NO3/c1-9(14-6-2-3-7-14)13(17)10-4-5-11(15)12(16)8-10/h4-5,8-9,15-16H,2-3,6-7H2,1H3/p+1. The summed E-state index contributed by atoms with van der Waals surface area (Å²) in [6.45, 7) is 4.00. The van der Waals surface area contributed by atoms with Gasteiger partial charge in [0.25, 0.3) is 0 Å². The van der Waals surface area contributed by atoms with Crippen LogP contribution in [0.15, 0.2) is 18.2 Å². The van der Waals surface area contributed by atoms with Crippen molar-refractivity contribution in [3.63, 3.8) is 0 Å². The maximum Gasteiger partial charge on any atom is 0.219 e. The number of hydrogen-bond acceptors (Lipinski definition) is 3. The molecule has 92 valence electrons. The number of phenolic OH excluding ortho intramolecular Hbond substituents is 2. The van der Waals surface area contributed by atoms with Crippen molar-refractivity contribution < 1.29 is 19.9 Å². The van der Waals surface area contributed by atoms with Gasteiger partial charge in [0.2, 0.25) is 5.78 Å². The van der Waals surface area contributed by atoms with E-state index in [1.807, 2.05) is 6.92 Å². The van der Waals surface area contributed by atoms with Gasteiger partial charge in [-0.25, -0.2) is 0 Å². The first-order valence-corrected chi connectivity index (χ1v) is 6.00. The minimum absolute atomic E-state index is 0.0252. The molecule has 1 aliphatic rings. The molecule has 0 aromatic heterocycles. The fourth-order valence-electron chi connectivity index (χ4n) is 2.37. The highest BCUT2D eigenvalue weighted by molar-refractivity contribution is 5.99. The summed E-state index contributed by atoms with van der Waals surface area (Å²) in [5, 5.41) is 18.6. The summed E-state index contributed by atoms with van der Waals surface area (Å²) in [6.07, 6.45) is 2.35. The molecule has 1 saturated heterocycles.